The summed E-state index contributed by atoms with van der Waals surface area (Å²) in [6, 6.07) is 0.207. The summed E-state index contributed by atoms with van der Waals surface area (Å²) >= 11 is 0. The molecule has 0 bridgehead atoms. The molecule has 8 nitrogen and oxygen atoms in total. The Balaban J connectivity index is 1.05. The Labute approximate surface area is 200 Å². The number of ether oxygens (including phenoxy) is 2. The Morgan fingerprint density at radius 3 is 2.06 bits per heavy atom. The number of piperidine rings is 2. The SMILES string of the molecule is C[C@H]1O[C@H](CN2CCC(CNCC3CCN(C[C@H]4OCC[C@@H](O)[C@H]4O)CC3)CC2)CC[C@H]1N. The highest BCUT2D eigenvalue weighted by Crippen LogP contribution is 2.23. The van der Waals surface area contributed by atoms with Crippen molar-refractivity contribution < 1.29 is 19.7 Å². The highest BCUT2D eigenvalue weighted by molar-refractivity contribution is 4.86. The lowest BCUT2D eigenvalue weighted by molar-refractivity contribution is -0.142. The molecule has 33 heavy (non-hydrogen) atoms. The van der Waals surface area contributed by atoms with Crippen molar-refractivity contribution >= 4 is 0 Å². The smallest absolute Gasteiger partial charge is 0.107 e. The molecule has 4 aliphatic rings. The van der Waals surface area contributed by atoms with Gasteiger partial charge in [-0.15, -0.1) is 0 Å². The minimum atomic E-state index is -0.749. The Morgan fingerprint density at radius 1 is 0.848 bits per heavy atom. The number of aliphatic hydroxyl groups is 2. The molecule has 4 heterocycles. The number of hydrogen-bond donors (Lipinski definition) is 4. The van der Waals surface area contributed by atoms with Crippen molar-refractivity contribution in [3.8, 4) is 0 Å². The third-order valence-electron chi connectivity index (χ3n) is 8.53. The van der Waals surface area contributed by atoms with Crippen LogP contribution in [0.5, 0.6) is 0 Å². The topological polar surface area (TPSA) is 103 Å². The summed E-state index contributed by atoms with van der Waals surface area (Å²) in [4.78, 5) is 4.98. The molecule has 4 fully saturated rings. The van der Waals surface area contributed by atoms with Crippen molar-refractivity contribution in [2.24, 2.45) is 17.6 Å². The van der Waals surface area contributed by atoms with E-state index in [1.54, 1.807) is 0 Å². The fraction of sp³-hybridized carbons (Fsp3) is 1.00. The molecule has 0 radical (unpaired) electrons. The zero-order valence-corrected chi connectivity index (χ0v) is 20.6. The molecule has 4 saturated heterocycles. The Hall–Kier alpha value is -0.320. The van der Waals surface area contributed by atoms with E-state index in [9.17, 15) is 10.2 Å². The van der Waals surface area contributed by atoms with Gasteiger partial charge in [-0.3, -0.25) is 0 Å². The zero-order chi connectivity index (χ0) is 23.2. The fourth-order valence-electron chi connectivity index (χ4n) is 6.02. The van der Waals surface area contributed by atoms with Crippen molar-refractivity contribution in [1.82, 2.24) is 15.1 Å². The Morgan fingerprint density at radius 2 is 1.45 bits per heavy atom. The summed E-state index contributed by atoms with van der Waals surface area (Å²) in [5.74, 6) is 1.53. The van der Waals surface area contributed by atoms with Crippen LogP contribution in [-0.4, -0.2) is 116 Å². The van der Waals surface area contributed by atoms with Crippen molar-refractivity contribution in [2.75, 3.05) is 59.0 Å². The maximum atomic E-state index is 10.2. The molecule has 0 aliphatic carbocycles. The standard InChI is InChI=1S/C25H48N4O4/c1-18-22(26)3-2-21(33-18)16-28-9-4-19(5-10-28)14-27-15-20-6-11-29(12-7-20)17-24-25(31)23(30)8-13-32-24/h18-25,27,30-31H,2-17,26H2,1H3/t18-,21+,22-,23-,24-,25-/m1/s1. The monoisotopic (exact) mass is 468 g/mol. The number of rotatable bonds is 8. The van der Waals surface area contributed by atoms with Crippen molar-refractivity contribution in [3.63, 3.8) is 0 Å². The molecule has 4 rings (SSSR count). The molecule has 0 amide bonds. The van der Waals surface area contributed by atoms with Crippen LogP contribution in [0.4, 0.5) is 0 Å². The van der Waals surface area contributed by atoms with Gasteiger partial charge >= 0.3 is 0 Å². The summed E-state index contributed by atoms with van der Waals surface area (Å²) in [6.07, 6.45) is 6.59. The van der Waals surface area contributed by atoms with E-state index in [1.165, 1.54) is 38.8 Å². The lowest BCUT2D eigenvalue weighted by Crippen LogP contribution is -2.51. The van der Waals surface area contributed by atoms with Crippen LogP contribution in [0, 0.1) is 11.8 Å². The third-order valence-corrected chi connectivity index (χ3v) is 8.53. The maximum Gasteiger partial charge on any atom is 0.107 e. The van der Waals surface area contributed by atoms with Gasteiger partial charge < -0.3 is 40.5 Å². The highest BCUT2D eigenvalue weighted by atomic mass is 16.5. The summed E-state index contributed by atoms with van der Waals surface area (Å²) in [5, 5.41) is 23.8. The average Bonchev–Trinajstić information content (AvgIpc) is 2.82. The summed E-state index contributed by atoms with van der Waals surface area (Å²) in [6.45, 7) is 11.2. The van der Waals surface area contributed by atoms with Gasteiger partial charge in [-0.05, 0) is 103 Å². The molecule has 0 aromatic rings. The van der Waals surface area contributed by atoms with Gasteiger partial charge in [0.05, 0.1) is 24.4 Å². The van der Waals surface area contributed by atoms with Gasteiger partial charge in [-0.2, -0.15) is 0 Å². The van der Waals surface area contributed by atoms with Crippen LogP contribution in [0.3, 0.4) is 0 Å². The molecule has 0 aromatic carbocycles. The van der Waals surface area contributed by atoms with Crippen LogP contribution >= 0.6 is 0 Å². The van der Waals surface area contributed by atoms with Gasteiger partial charge in [0.1, 0.15) is 6.10 Å². The van der Waals surface area contributed by atoms with E-state index in [0.717, 1.165) is 63.9 Å². The quantitative estimate of drug-likeness (QED) is 0.406. The third kappa shape index (κ3) is 7.58. The van der Waals surface area contributed by atoms with Crippen molar-refractivity contribution in [2.45, 2.75) is 88.4 Å². The van der Waals surface area contributed by atoms with Crippen LogP contribution in [0.15, 0.2) is 0 Å². The largest absolute Gasteiger partial charge is 0.390 e. The second kappa shape index (κ2) is 12.6. The molecule has 0 saturated carbocycles. The first-order valence-corrected chi connectivity index (χ1v) is 13.5. The van der Waals surface area contributed by atoms with E-state index < -0.39 is 12.2 Å². The van der Waals surface area contributed by atoms with Gasteiger partial charge in [0.15, 0.2) is 0 Å². The molecule has 6 atom stereocenters. The van der Waals surface area contributed by atoms with E-state index in [-0.39, 0.29) is 18.2 Å². The number of nitrogens with one attached hydrogen (secondary N) is 1. The fourth-order valence-corrected chi connectivity index (χ4v) is 6.02. The molecule has 8 heteroatoms. The van der Waals surface area contributed by atoms with Crippen LogP contribution in [0.2, 0.25) is 0 Å². The summed E-state index contributed by atoms with van der Waals surface area (Å²) < 4.78 is 11.8. The van der Waals surface area contributed by atoms with Gasteiger partial charge in [0.25, 0.3) is 0 Å². The second-order valence-corrected chi connectivity index (χ2v) is 11.1. The predicted octanol–water partition coefficient (Wildman–Crippen LogP) is 0.406. The first kappa shape index (κ1) is 25.8. The number of nitrogens with two attached hydrogens (primary N) is 1. The molecular formula is C25H48N4O4. The number of nitrogens with zero attached hydrogens (tertiary/aromatic N) is 2. The number of likely N-dealkylation sites (tertiary alicyclic amines) is 2. The Kier molecular flexibility index (Phi) is 9.82. The van der Waals surface area contributed by atoms with Gasteiger partial charge in [-0.1, -0.05) is 0 Å². The van der Waals surface area contributed by atoms with Gasteiger partial charge in [-0.25, -0.2) is 0 Å². The molecule has 5 N–H and O–H groups in total. The first-order chi connectivity index (χ1) is 16.0. The Bertz CT molecular complexity index is 569. The van der Waals surface area contributed by atoms with E-state index in [0.29, 0.717) is 19.1 Å². The molecule has 0 unspecified atom stereocenters. The van der Waals surface area contributed by atoms with Crippen molar-refractivity contribution in [1.29, 1.82) is 0 Å². The maximum absolute atomic E-state index is 10.2. The van der Waals surface area contributed by atoms with Crippen LogP contribution in [0.25, 0.3) is 0 Å². The summed E-state index contributed by atoms with van der Waals surface area (Å²) in [7, 11) is 0. The number of hydrogen-bond acceptors (Lipinski definition) is 8. The van der Waals surface area contributed by atoms with Crippen molar-refractivity contribution in [3.05, 3.63) is 0 Å². The van der Waals surface area contributed by atoms with Crippen LogP contribution in [-0.2, 0) is 9.47 Å². The van der Waals surface area contributed by atoms with Gasteiger partial charge in [0.2, 0.25) is 0 Å². The molecule has 0 aromatic heterocycles. The minimum Gasteiger partial charge on any atom is -0.390 e. The highest BCUT2D eigenvalue weighted by Gasteiger charge is 2.33. The van der Waals surface area contributed by atoms with Crippen LogP contribution < -0.4 is 11.1 Å². The molecule has 4 aliphatic heterocycles. The van der Waals surface area contributed by atoms with E-state index in [4.69, 9.17) is 15.2 Å². The predicted molar refractivity (Wildman–Crippen MR) is 129 cm³/mol. The van der Waals surface area contributed by atoms with E-state index in [2.05, 4.69) is 22.0 Å². The normalized spacial score (nSPS) is 38.5. The van der Waals surface area contributed by atoms with Gasteiger partial charge in [0, 0.05) is 25.7 Å². The lowest BCUT2D eigenvalue weighted by Gasteiger charge is -2.39. The van der Waals surface area contributed by atoms with E-state index >= 15 is 0 Å². The minimum absolute atomic E-state index is 0.192. The van der Waals surface area contributed by atoms with E-state index in [1.807, 2.05) is 0 Å². The molecular weight excluding hydrogens is 420 g/mol. The first-order valence-electron chi connectivity index (χ1n) is 13.5. The van der Waals surface area contributed by atoms with Crippen LogP contribution in [0.1, 0.15) is 51.9 Å². The zero-order valence-electron chi connectivity index (χ0n) is 20.6. The number of aliphatic hydroxyl groups excluding tert-OH is 2. The second-order valence-electron chi connectivity index (χ2n) is 11.1. The molecule has 0 spiro atoms. The summed E-state index contributed by atoms with van der Waals surface area (Å²) in [5.41, 5.74) is 6.08. The molecule has 192 valence electrons. The average molecular weight is 469 g/mol. The lowest BCUT2D eigenvalue weighted by atomic mass is 9.93.